The van der Waals surface area contributed by atoms with Gasteiger partial charge in [0, 0.05) is 34.2 Å². The van der Waals surface area contributed by atoms with Crippen LogP contribution in [0.3, 0.4) is 0 Å². The minimum atomic E-state index is -0.429. The van der Waals surface area contributed by atoms with Crippen LogP contribution >= 0.6 is 11.3 Å². The maximum atomic E-state index is 13.4. The zero-order chi connectivity index (χ0) is 27.6. The topological polar surface area (TPSA) is 116 Å². The molecule has 0 saturated heterocycles. The van der Waals surface area contributed by atoms with Crippen LogP contribution in [0.4, 0.5) is 11.6 Å². The van der Waals surface area contributed by atoms with Gasteiger partial charge in [-0.25, -0.2) is 4.98 Å². The number of nitrogens with one attached hydrogen (secondary N) is 1. The molecule has 0 bridgehead atoms. The third-order valence-electron chi connectivity index (χ3n) is 6.40. The minimum Gasteiger partial charge on any atom is -0.497 e. The third kappa shape index (κ3) is 4.61. The molecule has 0 fully saturated rings. The van der Waals surface area contributed by atoms with Gasteiger partial charge in [0.2, 0.25) is 11.0 Å². The Bertz CT molecular complexity index is 1830. The molecule has 1 amide bonds. The van der Waals surface area contributed by atoms with Crippen molar-refractivity contribution in [3.63, 3.8) is 0 Å². The van der Waals surface area contributed by atoms with Crippen molar-refractivity contribution < 1.29 is 23.5 Å². The van der Waals surface area contributed by atoms with Gasteiger partial charge in [0.1, 0.15) is 21.2 Å². The molecule has 0 aliphatic carbocycles. The highest BCUT2D eigenvalue weighted by molar-refractivity contribution is 7.21. The first-order chi connectivity index (χ1) is 19.6. The van der Waals surface area contributed by atoms with Crippen LogP contribution in [0, 0.1) is 0 Å². The lowest BCUT2D eigenvalue weighted by Crippen LogP contribution is -2.31. The molecule has 0 radical (unpaired) electrons. The van der Waals surface area contributed by atoms with E-state index in [1.807, 2.05) is 84.9 Å². The summed E-state index contributed by atoms with van der Waals surface area (Å²) in [5, 5.41) is 7.41. The zero-order valence-electron chi connectivity index (χ0n) is 21.6. The predicted molar refractivity (Wildman–Crippen MR) is 154 cm³/mol. The van der Waals surface area contributed by atoms with Crippen LogP contribution in [-0.2, 0) is 0 Å². The summed E-state index contributed by atoms with van der Waals surface area (Å²) >= 11 is 1.21. The first-order valence-corrected chi connectivity index (χ1v) is 13.1. The Hall–Kier alpha value is -5.22. The summed E-state index contributed by atoms with van der Waals surface area (Å²) in [5.74, 6) is 1.04. The monoisotopic (exact) mass is 550 g/mol. The highest BCUT2D eigenvalue weighted by atomic mass is 32.1. The number of nitrogens with zero attached hydrogens (tertiary/aromatic N) is 3. The number of benzene rings is 3. The van der Waals surface area contributed by atoms with Gasteiger partial charge in [-0.3, -0.25) is 14.6 Å². The number of pyridine rings is 1. The number of fused-ring (bicyclic) bond motifs is 1. The fraction of sp³-hybridized carbons (Fsp3) is 0.0667. The van der Waals surface area contributed by atoms with Crippen LogP contribution in [0.15, 0.2) is 95.6 Å². The molecule has 3 aromatic carbocycles. The number of amides is 1. The van der Waals surface area contributed by atoms with Crippen LogP contribution in [0.2, 0.25) is 0 Å². The van der Waals surface area contributed by atoms with Gasteiger partial charge in [-0.15, -0.1) is 11.3 Å². The standard InChI is InChI=1S/C30H23N5O4S/c1-37-20-13-14-24(38-2)21(15-20)22-16-23(18-9-5-3-6-10-18)32-30-26(22)27(31)28(40-30)29(36)33-25-17-35(34-39-25)19-11-7-4-8-12-19/h3-17H,1-2H3,(H2-,31,33,34,36)/p+1. The number of aromatic nitrogens is 3. The second kappa shape index (κ2) is 10.5. The normalized spacial score (nSPS) is 10.9. The van der Waals surface area contributed by atoms with E-state index in [0.717, 1.165) is 28.1 Å². The number of para-hydroxylation sites is 1. The van der Waals surface area contributed by atoms with Crippen molar-refractivity contribution in [2.75, 3.05) is 25.3 Å². The summed E-state index contributed by atoms with van der Waals surface area (Å²) in [6.07, 6.45) is 1.59. The summed E-state index contributed by atoms with van der Waals surface area (Å²) in [5.41, 5.74) is 11.0. The molecule has 3 aromatic heterocycles. The Balaban J connectivity index is 1.46. The van der Waals surface area contributed by atoms with Crippen molar-refractivity contribution in [1.82, 2.24) is 10.3 Å². The minimum absolute atomic E-state index is 0.179. The van der Waals surface area contributed by atoms with Gasteiger partial charge >= 0.3 is 5.88 Å². The number of carbonyl (C=O) groups excluding carboxylic acids is 1. The van der Waals surface area contributed by atoms with Crippen molar-refractivity contribution in [3.05, 3.63) is 96.0 Å². The number of ether oxygens (including phenoxy) is 2. The SMILES string of the molecule is COc1ccc(OC)c(-c2cc(-c3ccccc3)nc3sc(C(=O)Nc4c[n+](-c5ccccc5)no4)c(N)c23)c1. The zero-order valence-corrected chi connectivity index (χ0v) is 22.4. The summed E-state index contributed by atoms with van der Waals surface area (Å²) < 4.78 is 18.1. The van der Waals surface area contributed by atoms with E-state index in [0.29, 0.717) is 32.3 Å². The van der Waals surface area contributed by atoms with Crippen molar-refractivity contribution in [2.45, 2.75) is 0 Å². The van der Waals surface area contributed by atoms with Crippen LogP contribution < -0.4 is 25.2 Å². The van der Waals surface area contributed by atoms with E-state index >= 15 is 0 Å². The summed E-state index contributed by atoms with van der Waals surface area (Å²) in [6, 6.07) is 26.8. The Kier molecular flexibility index (Phi) is 6.59. The van der Waals surface area contributed by atoms with Gasteiger partial charge < -0.3 is 15.2 Å². The van der Waals surface area contributed by atoms with Crippen LogP contribution in [-0.4, -0.2) is 30.4 Å². The molecule has 0 unspecified atom stereocenters. The second-order valence-electron chi connectivity index (χ2n) is 8.81. The molecule has 0 aliphatic rings. The third-order valence-corrected chi connectivity index (χ3v) is 7.49. The molecule has 198 valence electrons. The number of nitrogens with two attached hydrogens (primary N) is 1. The Labute approximate surface area is 233 Å². The molecule has 0 aliphatic heterocycles. The van der Waals surface area contributed by atoms with Gasteiger partial charge in [0.25, 0.3) is 12.1 Å². The van der Waals surface area contributed by atoms with E-state index in [-0.39, 0.29) is 5.88 Å². The molecule has 40 heavy (non-hydrogen) atoms. The van der Waals surface area contributed by atoms with E-state index in [1.54, 1.807) is 20.4 Å². The van der Waals surface area contributed by atoms with Crippen LogP contribution in [0.1, 0.15) is 9.67 Å². The number of hydrogen-bond acceptors (Lipinski definition) is 8. The van der Waals surface area contributed by atoms with Crippen molar-refractivity contribution in [3.8, 4) is 39.6 Å². The van der Waals surface area contributed by atoms with Crippen molar-refractivity contribution in [2.24, 2.45) is 0 Å². The molecule has 6 rings (SSSR count). The fourth-order valence-corrected chi connectivity index (χ4v) is 5.47. The van der Waals surface area contributed by atoms with Gasteiger partial charge in [0.05, 0.1) is 25.6 Å². The van der Waals surface area contributed by atoms with Gasteiger partial charge in [-0.2, -0.15) is 0 Å². The Morgan fingerprint density at radius 2 is 1.70 bits per heavy atom. The van der Waals surface area contributed by atoms with Gasteiger partial charge in [-0.1, -0.05) is 48.5 Å². The van der Waals surface area contributed by atoms with E-state index in [1.165, 1.54) is 16.0 Å². The molecule has 0 saturated carbocycles. The number of hydrogen-bond donors (Lipinski definition) is 2. The van der Waals surface area contributed by atoms with E-state index in [2.05, 4.69) is 10.6 Å². The van der Waals surface area contributed by atoms with Crippen LogP contribution in [0.5, 0.6) is 11.5 Å². The largest absolute Gasteiger partial charge is 0.497 e. The number of thiophene rings is 1. The molecule has 6 aromatic rings. The first-order valence-electron chi connectivity index (χ1n) is 12.3. The molecular weight excluding hydrogens is 526 g/mol. The molecule has 10 heteroatoms. The highest BCUT2D eigenvalue weighted by Gasteiger charge is 2.25. The lowest BCUT2D eigenvalue weighted by atomic mass is 9.98. The molecule has 0 spiro atoms. The van der Waals surface area contributed by atoms with Gasteiger partial charge in [0.15, 0.2) is 0 Å². The number of anilines is 2. The maximum Gasteiger partial charge on any atom is 0.303 e. The molecule has 9 nitrogen and oxygen atoms in total. The summed E-state index contributed by atoms with van der Waals surface area (Å²) in [6.45, 7) is 0. The number of methoxy groups -OCH3 is 2. The molecular formula is C30H24N5O4S+. The van der Waals surface area contributed by atoms with Crippen LogP contribution in [0.25, 0.3) is 38.3 Å². The predicted octanol–water partition coefficient (Wildman–Crippen LogP) is 5.75. The average Bonchev–Trinajstić information content (AvgIpc) is 3.61. The van der Waals surface area contributed by atoms with Crippen molar-refractivity contribution in [1.29, 1.82) is 0 Å². The van der Waals surface area contributed by atoms with E-state index in [9.17, 15) is 4.79 Å². The molecule has 0 atom stereocenters. The number of carbonyl (C=O) groups is 1. The van der Waals surface area contributed by atoms with Gasteiger partial charge in [-0.05, 0) is 28.9 Å². The maximum absolute atomic E-state index is 13.4. The lowest BCUT2D eigenvalue weighted by Gasteiger charge is -2.13. The Morgan fingerprint density at radius 1 is 0.950 bits per heavy atom. The summed E-state index contributed by atoms with van der Waals surface area (Å²) in [7, 11) is 3.21. The first kappa shape index (κ1) is 25.1. The fourth-order valence-electron chi connectivity index (χ4n) is 4.46. The quantitative estimate of drug-likeness (QED) is 0.243. The van der Waals surface area contributed by atoms with Crippen molar-refractivity contribution >= 4 is 39.0 Å². The van der Waals surface area contributed by atoms with E-state index in [4.69, 9.17) is 24.7 Å². The highest BCUT2D eigenvalue weighted by Crippen LogP contribution is 2.44. The smallest absolute Gasteiger partial charge is 0.303 e. The number of rotatable bonds is 7. The molecule has 3 N–H and O–H groups in total. The Morgan fingerprint density at radius 3 is 2.42 bits per heavy atom. The van der Waals surface area contributed by atoms with E-state index < -0.39 is 5.91 Å². The number of nitrogen functional groups attached to an aromatic ring is 1. The summed E-state index contributed by atoms with van der Waals surface area (Å²) in [4.78, 5) is 19.2. The molecule has 3 heterocycles. The lowest BCUT2D eigenvalue weighted by molar-refractivity contribution is -0.670. The second-order valence-corrected chi connectivity index (χ2v) is 9.81. The average molecular weight is 551 g/mol.